The Bertz CT molecular complexity index is 1000. The van der Waals surface area contributed by atoms with Gasteiger partial charge in [-0.05, 0) is 29.2 Å². The first kappa shape index (κ1) is 30.1. The van der Waals surface area contributed by atoms with Crippen molar-refractivity contribution in [2.45, 2.75) is 53.9 Å². The van der Waals surface area contributed by atoms with Crippen LogP contribution in [0.25, 0.3) is 10.9 Å². The molecule has 2 aromatic carbocycles. The summed E-state index contributed by atoms with van der Waals surface area (Å²) in [4.78, 5) is 8.90. The van der Waals surface area contributed by atoms with Gasteiger partial charge in [0, 0.05) is 31.4 Å². The lowest BCUT2D eigenvalue weighted by molar-refractivity contribution is 0.132. The van der Waals surface area contributed by atoms with Crippen molar-refractivity contribution in [2.24, 2.45) is 0 Å². The van der Waals surface area contributed by atoms with Crippen LogP contribution in [-0.4, -0.2) is 50.6 Å². The number of fused-ring (bicyclic) bond motifs is 1. The van der Waals surface area contributed by atoms with Crippen molar-refractivity contribution >= 4 is 22.4 Å². The van der Waals surface area contributed by atoms with Crippen LogP contribution in [0, 0.1) is 0 Å². The maximum Gasteiger partial charge on any atom is 0.163 e. The molecule has 0 bridgehead atoms. The second-order valence-corrected chi connectivity index (χ2v) is 8.18. The first-order valence-corrected chi connectivity index (χ1v) is 12.3. The molecule has 0 amide bonds. The Hall–Kier alpha value is -2.90. The predicted molar refractivity (Wildman–Crippen MR) is 145 cm³/mol. The van der Waals surface area contributed by atoms with Crippen LogP contribution in [0.15, 0.2) is 42.7 Å². The molecule has 0 spiro atoms. The van der Waals surface area contributed by atoms with Gasteiger partial charge in [0.25, 0.3) is 0 Å². The fourth-order valence-corrected chi connectivity index (χ4v) is 3.06. The number of rotatable bonds is 10. The van der Waals surface area contributed by atoms with Crippen molar-refractivity contribution in [1.82, 2.24) is 9.97 Å². The molecule has 0 atom stereocenters. The van der Waals surface area contributed by atoms with Crippen LogP contribution >= 0.6 is 0 Å². The third-order valence-corrected chi connectivity index (χ3v) is 4.78. The van der Waals surface area contributed by atoms with Gasteiger partial charge in [-0.3, -0.25) is 0 Å². The molecule has 7 nitrogen and oxygen atoms in total. The topological polar surface area (TPSA) is 74.7 Å². The van der Waals surface area contributed by atoms with Crippen molar-refractivity contribution in [3.63, 3.8) is 0 Å². The van der Waals surface area contributed by atoms with Crippen molar-refractivity contribution in [3.05, 3.63) is 48.3 Å². The lowest BCUT2D eigenvalue weighted by Crippen LogP contribution is -2.11. The highest BCUT2D eigenvalue weighted by molar-refractivity contribution is 5.93. The van der Waals surface area contributed by atoms with Crippen LogP contribution in [-0.2, 0) is 14.9 Å². The van der Waals surface area contributed by atoms with Gasteiger partial charge in [-0.25, -0.2) is 9.97 Å². The van der Waals surface area contributed by atoms with Crippen LogP contribution in [0.3, 0.4) is 0 Å². The van der Waals surface area contributed by atoms with E-state index in [0.717, 1.165) is 16.6 Å². The molecule has 0 unspecified atom stereocenters. The minimum absolute atomic E-state index is 0.0578. The van der Waals surface area contributed by atoms with Gasteiger partial charge in [0.2, 0.25) is 0 Å². The molecule has 0 fully saturated rings. The second kappa shape index (κ2) is 15.9. The Kier molecular flexibility index (Phi) is 13.7. The van der Waals surface area contributed by atoms with E-state index in [9.17, 15) is 0 Å². The van der Waals surface area contributed by atoms with Gasteiger partial charge in [-0.1, -0.05) is 60.6 Å². The molecule has 0 aliphatic carbocycles. The van der Waals surface area contributed by atoms with Crippen molar-refractivity contribution in [1.29, 1.82) is 0 Å². The Morgan fingerprint density at radius 2 is 1.37 bits per heavy atom. The quantitative estimate of drug-likeness (QED) is 0.317. The summed E-state index contributed by atoms with van der Waals surface area (Å²) in [7, 11) is 3.28. The van der Waals surface area contributed by atoms with E-state index < -0.39 is 0 Å². The van der Waals surface area contributed by atoms with Gasteiger partial charge in [0.1, 0.15) is 25.4 Å². The molecule has 3 aromatic rings. The monoisotopic (exact) mass is 485 g/mol. The molecular weight excluding hydrogens is 442 g/mol. The van der Waals surface area contributed by atoms with Crippen LogP contribution in [0.5, 0.6) is 11.5 Å². The van der Waals surface area contributed by atoms with Gasteiger partial charge < -0.3 is 24.3 Å². The highest BCUT2D eigenvalue weighted by Gasteiger charge is 2.15. The fourth-order valence-electron chi connectivity index (χ4n) is 3.06. The lowest BCUT2D eigenvalue weighted by Gasteiger charge is -2.20. The maximum atomic E-state index is 5.91. The van der Waals surface area contributed by atoms with E-state index in [1.165, 1.54) is 5.56 Å². The summed E-state index contributed by atoms with van der Waals surface area (Å²) in [5.41, 5.74) is 3.03. The highest BCUT2D eigenvalue weighted by Crippen LogP contribution is 2.35. The Morgan fingerprint density at radius 3 is 1.94 bits per heavy atom. The van der Waals surface area contributed by atoms with E-state index in [1.807, 2.05) is 52.0 Å². The number of anilines is 2. The number of methoxy groups -OCH3 is 2. The van der Waals surface area contributed by atoms with Crippen LogP contribution in [0.1, 0.15) is 54.0 Å². The van der Waals surface area contributed by atoms with Gasteiger partial charge >= 0.3 is 0 Å². The number of nitrogens with one attached hydrogen (secondary N) is 1. The first-order valence-electron chi connectivity index (χ1n) is 12.3. The summed E-state index contributed by atoms with van der Waals surface area (Å²) in [6.45, 7) is 16.4. The fraction of sp³-hybridized carbons (Fsp3) is 0.500. The molecular formula is C28H43N3O4. The smallest absolute Gasteiger partial charge is 0.163 e. The molecule has 7 heteroatoms. The standard InChI is InChI=1S/C24H31N3O4.2C2H6/c1-24(2,3)17-7-6-8-18(13-17)27-23-19-14-21(30-11-9-28-4)22(31-12-10-29-5)15-20(19)25-16-26-23;2*1-2/h6-8,13-16H,9-12H2,1-5H3,(H,25,26,27);2*1-2H3. The minimum Gasteiger partial charge on any atom is -0.487 e. The summed E-state index contributed by atoms with van der Waals surface area (Å²) in [5, 5.41) is 4.28. The van der Waals surface area contributed by atoms with E-state index in [1.54, 1.807) is 20.5 Å². The number of ether oxygens (including phenoxy) is 4. The van der Waals surface area contributed by atoms with Crippen LogP contribution in [0.4, 0.5) is 11.5 Å². The van der Waals surface area contributed by atoms with Crippen LogP contribution < -0.4 is 14.8 Å². The molecule has 1 heterocycles. The van der Waals surface area contributed by atoms with E-state index in [0.29, 0.717) is 43.7 Å². The van der Waals surface area contributed by atoms with E-state index in [2.05, 4.69) is 48.2 Å². The minimum atomic E-state index is 0.0578. The SMILES string of the molecule is CC.CC.COCCOc1cc2ncnc(Nc3cccc(C(C)(C)C)c3)c2cc1OCCOC. The van der Waals surface area contributed by atoms with Gasteiger partial charge in [0.05, 0.1) is 18.7 Å². The summed E-state index contributed by atoms with van der Waals surface area (Å²) in [6.07, 6.45) is 1.54. The summed E-state index contributed by atoms with van der Waals surface area (Å²) < 4.78 is 22.0. The average Bonchev–Trinajstić information content (AvgIpc) is 2.87. The predicted octanol–water partition coefficient (Wildman–Crippen LogP) is 6.77. The zero-order valence-electron chi connectivity index (χ0n) is 22.9. The normalized spacial score (nSPS) is 10.5. The molecule has 0 aliphatic rings. The van der Waals surface area contributed by atoms with Crippen molar-refractivity contribution in [3.8, 4) is 11.5 Å². The number of hydrogen-bond donors (Lipinski definition) is 1. The molecule has 1 aromatic heterocycles. The lowest BCUT2D eigenvalue weighted by atomic mass is 9.87. The van der Waals surface area contributed by atoms with E-state index in [-0.39, 0.29) is 5.41 Å². The molecule has 0 saturated heterocycles. The van der Waals surface area contributed by atoms with Crippen molar-refractivity contribution < 1.29 is 18.9 Å². The maximum absolute atomic E-state index is 5.91. The third kappa shape index (κ3) is 9.34. The summed E-state index contributed by atoms with van der Waals surface area (Å²) >= 11 is 0. The number of hydrogen-bond acceptors (Lipinski definition) is 7. The molecule has 0 radical (unpaired) electrons. The summed E-state index contributed by atoms with van der Waals surface area (Å²) in [5.74, 6) is 1.93. The zero-order valence-corrected chi connectivity index (χ0v) is 22.9. The molecule has 0 aliphatic heterocycles. The molecule has 35 heavy (non-hydrogen) atoms. The molecule has 0 saturated carbocycles. The zero-order chi connectivity index (χ0) is 26.3. The van der Waals surface area contributed by atoms with Gasteiger partial charge in [-0.2, -0.15) is 0 Å². The third-order valence-electron chi connectivity index (χ3n) is 4.78. The Morgan fingerprint density at radius 1 is 0.771 bits per heavy atom. The molecule has 194 valence electrons. The molecule has 3 rings (SSSR count). The number of nitrogens with zero attached hydrogens (tertiary/aromatic N) is 2. The Labute approximate surface area is 211 Å². The van der Waals surface area contributed by atoms with Crippen LogP contribution in [0.2, 0.25) is 0 Å². The van der Waals surface area contributed by atoms with Gasteiger partial charge in [-0.15, -0.1) is 0 Å². The van der Waals surface area contributed by atoms with Crippen molar-refractivity contribution in [2.75, 3.05) is 46.0 Å². The average molecular weight is 486 g/mol. The largest absolute Gasteiger partial charge is 0.487 e. The number of aromatic nitrogens is 2. The van der Waals surface area contributed by atoms with E-state index in [4.69, 9.17) is 18.9 Å². The summed E-state index contributed by atoms with van der Waals surface area (Å²) in [6, 6.07) is 12.1. The first-order chi connectivity index (χ1) is 16.9. The number of benzene rings is 2. The Balaban J connectivity index is 0.00000145. The second-order valence-electron chi connectivity index (χ2n) is 8.18. The molecule has 1 N–H and O–H groups in total. The highest BCUT2D eigenvalue weighted by atomic mass is 16.5. The van der Waals surface area contributed by atoms with Gasteiger partial charge in [0.15, 0.2) is 11.5 Å². The van der Waals surface area contributed by atoms with E-state index >= 15 is 0 Å².